The molecule has 0 N–H and O–H groups in total. The number of hydrogen-bond donors (Lipinski definition) is 0. The maximum Gasteiger partial charge on any atom is 0.0754 e. The molecule has 10 rings (SSSR count). The Balaban J connectivity index is 1.37. The number of rotatable bonds is 1. The van der Waals surface area contributed by atoms with Crippen molar-refractivity contribution in [1.82, 2.24) is 4.98 Å². The lowest BCUT2D eigenvalue weighted by Crippen LogP contribution is -1.99. The number of hydrogen-bond acceptors (Lipinski definition) is 1. The van der Waals surface area contributed by atoms with Crippen LogP contribution < -0.4 is 0 Å². The monoisotopic (exact) mass is 505 g/mol. The number of nitrogens with zero attached hydrogens (tertiary/aromatic N) is 1. The summed E-state index contributed by atoms with van der Waals surface area (Å²) >= 11 is 0. The molecule has 0 radical (unpaired) electrons. The van der Waals surface area contributed by atoms with E-state index in [2.05, 4.69) is 115 Å². The van der Waals surface area contributed by atoms with E-state index in [1.54, 1.807) is 0 Å². The quantitative estimate of drug-likeness (QED) is 0.160. The molecule has 1 aromatic heterocycles. The van der Waals surface area contributed by atoms with Gasteiger partial charge in [0.15, 0.2) is 0 Å². The van der Waals surface area contributed by atoms with Crippen LogP contribution in [0.5, 0.6) is 0 Å². The van der Waals surface area contributed by atoms with Gasteiger partial charge in [0.05, 0.1) is 11.4 Å². The molecule has 40 heavy (non-hydrogen) atoms. The predicted molar refractivity (Wildman–Crippen MR) is 167 cm³/mol. The number of pyridine rings is 1. The molecule has 8 aromatic rings. The van der Waals surface area contributed by atoms with Gasteiger partial charge < -0.3 is 0 Å². The fraction of sp³-hybridized carbons (Fsp3) is 0.0513. The summed E-state index contributed by atoms with van der Waals surface area (Å²) in [6.07, 6.45) is 1.87. The summed E-state index contributed by atoms with van der Waals surface area (Å²) in [5, 5.41) is 10.7. The van der Waals surface area contributed by atoms with Crippen LogP contribution in [0, 0.1) is 0 Å². The Morgan fingerprint density at radius 1 is 0.400 bits per heavy atom. The molecule has 7 aromatic carbocycles. The van der Waals surface area contributed by atoms with Gasteiger partial charge in [-0.25, -0.2) is 4.98 Å². The van der Waals surface area contributed by atoms with E-state index in [1.165, 1.54) is 87.6 Å². The summed E-state index contributed by atoms with van der Waals surface area (Å²) < 4.78 is 0. The first-order valence-corrected chi connectivity index (χ1v) is 14.2. The summed E-state index contributed by atoms with van der Waals surface area (Å²) in [5.74, 6) is 0. The molecule has 1 heteroatoms. The normalized spacial score (nSPS) is 13.3. The largest absolute Gasteiger partial charge is 0.247 e. The van der Waals surface area contributed by atoms with Crippen molar-refractivity contribution in [1.29, 1.82) is 0 Å². The maximum atomic E-state index is 5.40. The van der Waals surface area contributed by atoms with Crippen LogP contribution in [-0.2, 0) is 12.8 Å². The van der Waals surface area contributed by atoms with Gasteiger partial charge in [0.1, 0.15) is 0 Å². The summed E-state index contributed by atoms with van der Waals surface area (Å²) in [7, 11) is 0. The van der Waals surface area contributed by atoms with E-state index in [0.717, 1.165) is 24.2 Å². The van der Waals surface area contributed by atoms with Gasteiger partial charge in [-0.2, -0.15) is 0 Å². The van der Waals surface area contributed by atoms with Gasteiger partial charge in [-0.1, -0.05) is 115 Å². The highest BCUT2D eigenvalue weighted by molar-refractivity contribution is 6.34. The molecule has 0 spiro atoms. The molecule has 184 valence electrons. The average molecular weight is 506 g/mol. The van der Waals surface area contributed by atoms with Crippen molar-refractivity contribution >= 4 is 43.1 Å². The van der Waals surface area contributed by atoms with Crippen molar-refractivity contribution in [3.05, 3.63) is 138 Å². The van der Waals surface area contributed by atoms with E-state index in [9.17, 15) is 0 Å². The van der Waals surface area contributed by atoms with Gasteiger partial charge >= 0.3 is 0 Å². The lowest BCUT2D eigenvalue weighted by Gasteiger charge is -2.20. The highest BCUT2D eigenvalue weighted by Gasteiger charge is 2.32. The second-order valence-electron chi connectivity index (χ2n) is 11.4. The van der Waals surface area contributed by atoms with Crippen LogP contribution in [0.15, 0.2) is 115 Å². The number of aromatic nitrogens is 1. The minimum Gasteiger partial charge on any atom is -0.247 e. The fourth-order valence-electron chi connectivity index (χ4n) is 7.84. The Morgan fingerprint density at radius 2 is 0.925 bits per heavy atom. The van der Waals surface area contributed by atoms with Crippen molar-refractivity contribution in [2.45, 2.75) is 12.8 Å². The van der Waals surface area contributed by atoms with Crippen molar-refractivity contribution < 1.29 is 0 Å². The third-order valence-electron chi connectivity index (χ3n) is 9.47. The Labute approximate surface area is 231 Å². The molecule has 0 fully saturated rings. The zero-order valence-electron chi connectivity index (χ0n) is 21.8. The van der Waals surface area contributed by atoms with E-state index in [0.29, 0.717) is 0 Å². The maximum absolute atomic E-state index is 5.40. The van der Waals surface area contributed by atoms with Crippen LogP contribution in [0.25, 0.3) is 76.7 Å². The van der Waals surface area contributed by atoms with Gasteiger partial charge in [-0.15, -0.1) is 0 Å². The number of fused-ring (bicyclic) bond motifs is 8. The highest BCUT2D eigenvalue weighted by Crippen LogP contribution is 2.51. The molecular formula is C39H23N. The molecule has 0 bridgehead atoms. The molecule has 0 aliphatic heterocycles. The molecule has 0 atom stereocenters. The van der Waals surface area contributed by atoms with Gasteiger partial charge in [-0.05, 0) is 76.5 Å². The van der Waals surface area contributed by atoms with Crippen molar-refractivity contribution in [3.8, 4) is 33.6 Å². The average Bonchev–Trinajstić information content (AvgIpc) is 3.57. The molecule has 1 nitrogen and oxygen atoms in total. The van der Waals surface area contributed by atoms with E-state index < -0.39 is 0 Å². The molecule has 2 aliphatic rings. The van der Waals surface area contributed by atoms with E-state index >= 15 is 0 Å². The first-order chi connectivity index (χ1) is 19.8. The van der Waals surface area contributed by atoms with Crippen LogP contribution in [0.1, 0.15) is 22.3 Å². The standard InChI is InChI=1S/C39H23N/c1-3-12-25-23(8-1)20-33-37(34-21-24-9-2-4-13-26(24)39(34)40-38(25)33)32-19-18-31-28-15-6-11-22-10-5-14-27(35(22)28)29-16-7-17-30(32)36(29)31/h1-19H,20-21H2. The summed E-state index contributed by atoms with van der Waals surface area (Å²) in [6.45, 7) is 0. The third-order valence-corrected chi connectivity index (χ3v) is 9.47. The van der Waals surface area contributed by atoms with Crippen LogP contribution in [0.2, 0.25) is 0 Å². The molecule has 0 saturated heterocycles. The van der Waals surface area contributed by atoms with E-state index in [-0.39, 0.29) is 0 Å². The van der Waals surface area contributed by atoms with Crippen LogP contribution in [0.3, 0.4) is 0 Å². The lowest BCUT2D eigenvalue weighted by molar-refractivity contribution is 1.18. The summed E-state index contributed by atoms with van der Waals surface area (Å²) in [4.78, 5) is 5.40. The van der Waals surface area contributed by atoms with E-state index in [1.807, 2.05) is 0 Å². The molecule has 0 unspecified atom stereocenters. The molecular weight excluding hydrogens is 482 g/mol. The molecule has 1 heterocycles. The zero-order chi connectivity index (χ0) is 25.9. The fourth-order valence-corrected chi connectivity index (χ4v) is 7.84. The zero-order valence-corrected chi connectivity index (χ0v) is 21.8. The SMILES string of the molecule is c1ccc2c(c1)Cc1c-2nc2c(c1-c1ccc3c4cccc5cccc(c6cccc1c63)c54)Cc1ccccc1-2. The van der Waals surface area contributed by atoms with Crippen LogP contribution in [-0.4, -0.2) is 4.98 Å². The molecule has 0 saturated carbocycles. The first kappa shape index (κ1) is 20.9. The van der Waals surface area contributed by atoms with Gasteiger partial charge in [0.25, 0.3) is 0 Å². The Hall–Kier alpha value is -5.01. The second-order valence-corrected chi connectivity index (χ2v) is 11.4. The van der Waals surface area contributed by atoms with Crippen molar-refractivity contribution in [2.75, 3.05) is 0 Å². The summed E-state index contributed by atoms with van der Waals surface area (Å²) in [6, 6.07) is 42.8. The Bertz CT molecular complexity index is 2250. The topological polar surface area (TPSA) is 12.9 Å². The van der Waals surface area contributed by atoms with Crippen LogP contribution >= 0.6 is 0 Å². The highest BCUT2D eigenvalue weighted by atomic mass is 14.8. The van der Waals surface area contributed by atoms with Gasteiger partial charge in [0.2, 0.25) is 0 Å². The molecule has 0 amide bonds. The first-order valence-electron chi connectivity index (χ1n) is 14.2. The third kappa shape index (κ3) is 2.51. The van der Waals surface area contributed by atoms with E-state index in [4.69, 9.17) is 4.98 Å². The minimum atomic E-state index is 0.933. The Kier molecular flexibility index (Phi) is 3.83. The van der Waals surface area contributed by atoms with Gasteiger partial charge in [0, 0.05) is 24.0 Å². The summed E-state index contributed by atoms with van der Waals surface area (Å²) in [5.41, 5.74) is 13.2. The predicted octanol–water partition coefficient (Wildman–Crippen LogP) is 9.94. The second kappa shape index (κ2) is 7.34. The van der Waals surface area contributed by atoms with Crippen LogP contribution in [0.4, 0.5) is 0 Å². The van der Waals surface area contributed by atoms with Crippen molar-refractivity contribution in [3.63, 3.8) is 0 Å². The van der Waals surface area contributed by atoms with Crippen molar-refractivity contribution in [2.24, 2.45) is 0 Å². The Morgan fingerprint density at radius 3 is 1.57 bits per heavy atom. The van der Waals surface area contributed by atoms with Gasteiger partial charge in [-0.3, -0.25) is 0 Å². The minimum absolute atomic E-state index is 0.933. The smallest absolute Gasteiger partial charge is 0.0754 e. The molecule has 2 aliphatic carbocycles. The number of benzene rings is 7. The lowest BCUT2D eigenvalue weighted by atomic mass is 9.84.